The minimum atomic E-state index is -0.953. The summed E-state index contributed by atoms with van der Waals surface area (Å²) in [6, 6.07) is 0. The number of carbonyl (C=O) groups excluding carboxylic acids is 1. The summed E-state index contributed by atoms with van der Waals surface area (Å²) in [7, 11) is 1.77. The van der Waals surface area contributed by atoms with Crippen molar-refractivity contribution in [1.29, 1.82) is 0 Å². The second-order valence-corrected chi connectivity index (χ2v) is 11.8. The highest BCUT2D eigenvalue weighted by Crippen LogP contribution is 2.35. The Labute approximate surface area is 209 Å². The number of aliphatic hydroxyl groups is 2. The van der Waals surface area contributed by atoms with E-state index in [9.17, 15) is 20.1 Å². The number of rotatable bonds is 17. The van der Waals surface area contributed by atoms with E-state index in [1.165, 1.54) is 5.57 Å². The third-order valence-corrected chi connectivity index (χ3v) is 8.34. The molecule has 0 bridgehead atoms. The predicted octanol–water partition coefficient (Wildman–Crippen LogP) is 5.27. The summed E-state index contributed by atoms with van der Waals surface area (Å²) in [6.45, 7) is 12.4. The molecular formula is C29H53O5-. The van der Waals surface area contributed by atoms with E-state index in [1.54, 1.807) is 14.0 Å². The molecule has 0 aromatic rings. The molecule has 0 heterocycles. The van der Waals surface area contributed by atoms with E-state index in [1.807, 2.05) is 13.0 Å². The summed E-state index contributed by atoms with van der Waals surface area (Å²) in [4.78, 5) is 10.8. The van der Waals surface area contributed by atoms with Gasteiger partial charge in [0.15, 0.2) is 0 Å². The van der Waals surface area contributed by atoms with Gasteiger partial charge in [-0.3, -0.25) is 0 Å². The molecule has 1 aliphatic rings. The molecule has 5 heteroatoms. The number of aliphatic hydroxyl groups excluding tert-OH is 1. The molecule has 34 heavy (non-hydrogen) atoms. The van der Waals surface area contributed by atoms with E-state index < -0.39 is 11.6 Å². The quantitative estimate of drug-likeness (QED) is 0.276. The zero-order chi connectivity index (χ0) is 25.9. The van der Waals surface area contributed by atoms with Crippen molar-refractivity contribution < 1.29 is 24.9 Å². The zero-order valence-electron chi connectivity index (χ0n) is 23.0. The number of ether oxygens (including phenoxy) is 1. The van der Waals surface area contributed by atoms with Crippen molar-refractivity contribution in [3.8, 4) is 0 Å². The van der Waals surface area contributed by atoms with Gasteiger partial charge in [-0.1, -0.05) is 79.2 Å². The van der Waals surface area contributed by atoms with Crippen LogP contribution in [0.1, 0.15) is 112 Å². The Balaban J connectivity index is 2.26. The molecule has 0 spiro atoms. The predicted molar refractivity (Wildman–Crippen MR) is 137 cm³/mol. The van der Waals surface area contributed by atoms with Gasteiger partial charge in [0.1, 0.15) is 0 Å². The summed E-state index contributed by atoms with van der Waals surface area (Å²) in [5.41, 5.74) is 0.619. The summed E-state index contributed by atoms with van der Waals surface area (Å²) in [5, 5.41) is 31.9. The van der Waals surface area contributed by atoms with Crippen LogP contribution in [-0.4, -0.2) is 41.1 Å². The molecule has 0 saturated heterocycles. The first-order valence-electron chi connectivity index (χ1n) is 13.7. The van der Waals surface area contributed by atoms with Gasteiger partial charge in [0.2, 0.25) is 0 Å². The fourth-order valence-electron chi connectivity index (χ4n) is 5.36. The normalized spacial score (nSPS) is 27.5. The Kier molecular flexibility index (Phi) is 14.0. The standard InChI is InChI=1S/C29H54O5/c1-20(11-8-14-22(3)28(31)32)12-9-17-29(6,33)18-10-13-21(2)15-16-25-19-26(30)23(4)24(5)27(25)34-7/h19-24,26-27,30,33H,8-18H2,1-7H3,(H,31,32)/p-1. The van der Waals surface area contributed by atoms with Gasteiger partial charge in [0, 0.05) is 13.1 Å². The molecule has 0 amide bonds. The Bertz CT molecular complexity index is 614. The maximum Gasteiger partial charge on any atom is 0.0811 e. The minimum absolute atomic E-state index is 0.103. The van der Waals surface area contributed by atoms with E-state index in [4.69, 9.17) is 4.74 Å². The van der Waals surface area contributed by atoms with Crippen molar-refractivity contribution in [3.05, 3.63) is 11.6 Å². The van der Waals surface area contributed by atoms with Crippen molar-refractivity contribution in [2.75, 3.05) is 7.11 Å². The fourth-order valence-corrected chi connectivity index (χ4v) is 5.36. The van der Waals surface area contributed by atoms with Gasteiger partial charge in [-0.05, 0) is 74.2 Å². The molecule has 0 fully saturated rings. The minimum Gasteiger partial charge on any atom is -0.550 e. The maximum atomic E-state index is 10.8. The second kappa shape index (κ2) is 15.3. The lowest BCUT2D eigenvalue weighted by molar-refractivity contribution is -0.311. The number of aliphatic carboxylic acids is 1. The topological polar surface area (TPSA) is 89.8 Å². The Morgan fingerprint density at radius 2 is 1.53 bits per heavy atom. The van der Waals surface area contributed by atoms with E-state index in [2.05, 4.69) is 27.7 Å². The molecule has 1 aliphatic carbocycles. The van der Waals surface area contributed by atoms with E-state index in [-0.39, 0.29) is 24.0 Å². The lowest BCUT2D eigenvalue weighted by Crippen LogP contribution is -2.38. The summed E-state index contributed by atoms with van der Waals surface area (Å²) >= 11 is 0. The van der Waals surface area contributed by atoms with Crippen molar-refractivity contribution in [3.63, 3.8) is 0 Å². The highest BCUT2D eigenvalue weighted by molar-refractivity contribution is 5.66. The molecule has 0 radical (unpaired) electrons. The van der Waals surface area contributed by atoms with Gasteiger partial charge in [0.05, 0.1) is 17.8 Å². The molecule has 0 saturated carbocycles. The maximum absolute atomic E-state index is 10.8. The van der Waals surface area contributed by atoms with Crippen LogP contribution < -0.4 is 5.11 Å². The zero-order valence-corrected chi connectivity index (χ0v) is 23.0. The van der Waals surface area contributed by atoms with Crippen molar-refractivity contribution >= 4 is 5.97 Å². The van der Waals surface area contributed by atoms with Crippen molar-refractivity contribution in [2.45, 2.75) is 130 Å². The number of carbonyl (C=O) groups is 1. The third-order valence-electron chi connectivity index (χ3n) is 8.34. The van der Waals surface area contributed by atoms with Gasteiger partial charge in [-0.2, -0.15) is 0 Å². The number of methoxy groups -OCH3 is 1. The van der Waals surface area contributed by atoms with Crippen LogP contribution in [0.15, 0.2) is 11.6 Å². The molecular weight excluding hydrogens is 428 g/mol. The van der Waals surface area contributed by atoms with E-state index >= 15 is 0 Å². The summed E-state index contributed by atoms with van der Waals surface area (Å²) in [5.74, 6) is 0.345. The first-order chi connectivity index (χ1) is 15.9. The van der Waals surface area contributed by atoms with Crippen LogP contribution in [0, 0.1) is 29.6 Å². The molecule has 0 aromatic heterocycles. The Hall–Kier alpha value is -0.910. The van der Waals surface area contributed by atoms with Crippen LogP contribution in [0.5, 0.6) is 0 Å². The number of hydrogen-bond donors (Lipinski definition) is 2. The smallest absolute Gasteiger partial charge is 0.0811 e. The lowest BCUT2D eigenvalue weighted by Gasteiger charge is -2.37. The Morgan fingerprint density at radius 3 is 2.06 bits per heavy atom. The summed E-state index contributed by atoms with van der Waals surface area (Å²) in [6.07, 6.45) is 12.3. The van der Waals surface area contributed by atoms with Crippen LogP contribution in [0.2, 0.25) is 0 Å². The first kappa shape index (κ1) is 31.1. The van der Waals surface area contributed by atoms with E-state index in [0.717, 1.165) is 64.2 Å². The molecule has 2 N–H and O–H groups in total. The van der Waals surface area contributed by atoms with Gasteiger partial charge < -0.3 is 24.9 Å². The molecule has 8 unspecified atom stereocenters. The Morgan fingerprint density at radius 1 is 1.00 bits per heavy atom. The molecule has 0 aromatic carbocycles. The van der Waals surface area contributed by atoms with Gasteiger partial charge in [0.25, 0.3) is 0 Å². The molecule has 200 valence electrons. The summed E-state index contributed by atoms with van der Waals surface area (Å²) < 4.78 is 5.75. The largest absolute Gasteiger partial charge is 0.550 e. The van der Waals surface area contributed by atoms with Crippen LogP contribution in [-0.2, 0) is 9.53 Å². The van der Waals surface area contributed by atoms with Crippen molar-refractivity contribution in [1.82, 2.24) is 0 Å². The lowest BCUT2D eigenvalue weighted by atomic mass is 9.76. The molecule has 0 aliphatic heterocycles. The van der Waals surface area contributed by atoms with Crippen LogP contribution in [0.3, 0.4) is 0 Å². The number of hydrogen-bond acceptors (Lipinski definition) is 5. The number of carboxylic acid groups (broad SMARTS) is 1. The second-order valence-electron chi connectivity index (χ2n) is 11.8. The average molecular weight is 482 g/mol. The molecule has 8 atom stereocenters. The first-order valence-corrected chi connectivity index (χ1v) is 13.7. The average Bonchev–Trinajstić information content (AvgIpc) is 2.75. The van der Waals surface area contributed by atoms with Gasteiger partial charge in [-0.15, -0.1) is 0 Å². The van der Waals surface area contributed by atoms with Crippen LogP contribution in [0.25, 0.3) is 0 Å². The van der Waals surface area contributed by atoms with E-state index in [0.29, 0.717) is 24.2 Å². The highest BCUT2D eigenvalue weighted by Gasteiger charge is 2.34. The SMILES string of the molecule is COC1C(CCC(C)CCCC(C)(O)CCCC(C)CCCC(C)C(=O)[O-])=CC(O)C(C)C1C. The van der Waals surface area contributed by atoms with Crippen molar-refractivity contribution in [2.24, 2.45) is 29.6 Å². The van der Waals surface area contributed by atoms with Gasteiger partial charge >= 0.3 is 0 Å². The van der Waals surface area contributed by atoms with Crippen LogP contribution in [0.4, 0.5) is 0 Å². The molecule has 5 nitrogen and oxygen atoms in total. The van der Waals surface area contributed by atoms with Gasteiger partial charge in [-0.25, -0.2) is 0 Å². The van der Waals surface area contributed by atoms with Crippen LogP contribution >= 0.6 is 0 Å². The molecule has 1 rings (SSSR count). The fraction of sp³-hybridized carbons (Fsp3) is 0.897. The monoisotopic (exact) mass is 481 g/mol. The highest BCUT2D eigenvalue weighted by atomic mass is 16.5. The number of carboxylic acids is 1. The third kappa shape index (κ3) is 11.2.